The molecule has 1 heteroatoms. The normalized spacial score (nSPS) is 17.3. The number of hydrogen-bond donors (Lipinski definition) is 1. The van der Waals surface area contributed by atoms with Gasteiger partial charge in [-0.15, -0.1) is 0 Å². The van der Waals surface area contributed by atoms with Gasteiger partial charge in [-0.05, 0) is 31.4 Å². The average molecular weight is 205 g/mol. The van der Waals surface area contributed by atoms with E-state index in [1.54, 1.807) is 0 Å². The van der Waals surface area contributed by atoms with Gasteiger partial charge in [-0.2, -0.15) is 0 Å². The summed E-state index contributed by atoms with van der Waals surface area (Å²) in [6, 6.07) is 8.68. The lowest BCUT2D eigenvalue weighted by molar-refractivity contribution is 0.362. The van der Waals surface area contributed by atoms with E-state index in [4.69, 9.17) is 0 Å². The topological polar surface area (TPSA) is 12.0 Å². The molecule has 0 spiro atoms. The zero-order chi connectivity index (χ0) is 11.3. The van der Waals surface area contributed by atoms with Gasteiger partial charge in [0.15, 0.2) is 0 Å². The van der Waals surface area contributed by atoms with Crippen LogP contribution in [-0.4, -0.2) is 5.54 Å². The number of rotatable bonds is 0. The minimum absolute atomic E-state index is 0.272. The second-order valence-electron chi connectivity index (χ2n) is 4.89. The Bertz CT molecular complexity index is 302. The first-order valence-corrected chi connectivity index (χ1v) is 5.91. The van der Waals surface area contributed by atoms with Crippen molar-refractivity contribution in [3.8, 4) is 0 Å². The SMILES string of the molecule is CC1(C)Cc2ccccc2CN1.CCC. The number of nitrogens with one attached hydrogen (secondary N) is 1. The van der Waals surface area contributed by atoms with Crippen LogP contribution in [0.25, 0.3) is 0 Å². The van der Waals surface area contributed by atoms with Crippen molar-refractivity contribution in [2.24, 2.45) is 0 Å². The fourth-order valence-corrected chi connectivity index (χ4v) is 1.78. The molecule has 1 aromatic rings. The van der Waals surface area contributed by atoms with Crippen LogP contribution < -0.4 is 5.32 Å². The molecule has 0 aliphatic carbocycles. The van der Waals surface area contributed by atoms with Crippen LogP contribution in [0.2, 0.25) is 0 Å². The molecule has 84 valence electrons. The summed E-state index contributed by atoms with van der Waals surface area (Å²) in [6.45, 7) is 9.77. The van der Waals surface area contributed by atoms with Crippen LogP contribution in [0.5, 0.6) is 0 Å². The first-order chi connectivity index (χ1) is 7.09. The molecule has 0 atom stereocenters. The molecular weight excluding hydrogens is 182 g/mol. The molecule has 2 rings (SSSR count). The van der Waals surface area contributed by atoms with Gasteiger partial charge < -0.3 is 5.32 Å². The van der Waals surface area contributed by atoms with Crippen molar-refractivity contribution in [3.63, 3.8) is 0 Å². The van der Waals surface area contributed by atoms with Crippen LogP contribution in [0.4, 0.5) is 0 Å². The van der Waals surface area contributed by atoms with Crippen molar-refractivity contribution >= 4 is 0 Å². The van der Waals surface area contributed by atoms with Crippen molar-refractivity contribution in [1.29, 1.82) is 0 Å². The van der Waals surface area contributed by atoms with Gasteiger partial charge in [-0.1, -0.05) is 44.5 Å². The van der Waals surface area contributed by atoms with Crippen molar-refractivity contribution in [1.82, 2.24) is 5.32 Å². The second-order valence-corrected chi connectivity index (χ2v) is 4.89. The van der Waals surface area contributed by atoms with Crippen molar-refractivity contribution in [2.75, 3.05) is 0 Å². The molecule has 0 radical (unpaired) electrons. The molecular formula is C14H23N. The number of hydrogen-bond acceptors (Lipinski definition) is 1. The zero-order valence-corrected chi connectivity index (χ0v) is 10.4. The van der Waals surface area contributed by atoms with Gasteiger partial charge in [0.2, 0.25) is 0 Å². The smallest absolute Gasteiger partial charge is 0.0213 e. The fourth-order valence-electron chi connectivity index (χ4n) is 1.78. The molecule has 0 saturated carbocycles. The predicted molar refractivity (Wildman–Crippen MR) is 67.0 cm³/mol. The monoisotopic (exact) mass is 205 g/mol. The molecule has 1 aliphatic rings. The first-order valence-electron chi connectivity index (χ1n) is 5.91. The highest BCUT2D eigenvalue weighted by Crippen LogP contribution is 2.21. The lowest BCUT2D eigenvalue weighted by atomic mass is 9.88. The van der Waals surface area contributed by atoms with Gasteiger partial charge in [0.1, 0.15) is 0 Å². The molecule has 0 bridgehead atoms. The van der Waals surface area contributed by atoms with E-state index in [-0.39, 0.29) is 5.54 Å². The van der Waals surface area contributed by atoms with Crippen LogP contribution in [-0.2, 0) is 13.0 Å². The summed E-state index contributed by atoms with van der Waals surface area (Å²) >= 11 is 0. The van der Waals surface area contributed by atoms with Crippen LogP contribution in [0.15, 0.2) is 24.3 Å². The first kappa shape index (κ1) is 12.3. The van der Waals surface area contributed by atoms with Gasteiger partial charge in [0.05, 0.1) is 0 Å². The van der Waals surface area contributed by atoms with Crippen LogP contribution in [0.3, 0.4) is 0 Å². The largest absolute Gasteiger partial charge is 0.307 e. The molecule has 1 aromatic carbocycles. The van der Waals surface area contributed by atoms with E-state index in [0.29, 0.717) is 0 Å². The van der Waals surface area contributed by atoms with Gasteiger partial charge in [0.25, 0.3) is 0 Å². The van der Waals surface area contributed by atoms with Gasteiger partial charge in [-0.25, -0.2) is 0 Å². The maximum atomic E-state index is 3.51. The summed E-state index contributed by atoms with van der Waals surface area (Å²) in [6.07, 6.45) is 2.39. The van der Waals surface area contributed by atoms with Gasteiger partial charge in [0, 0.05) is 12.1 Å². The third-order valence-electron chi connectivity index (χ3n) is 2.51. The van der Waals surface area contributed by atoms with Crippen molar-refractivity contribution in [3.05, 3.63) is 35.4 Å². The molecule has 0 unspecified atom stereocenters. The molecule has 1 N–H and O–H groups in total. The van der Waals surface area contributed by atoms with E-state index < -0.39 is 0 Å². The number of fused-ring (bicyclic) bond motifs is 1. The summed E-state index contributed by atoms with van der Waals surface area (Å²) in [5.74, 6) is 0. The van der Waals surface area contributed by atoms with E-state index in [1.165, 1.54) is 17.5 Å². The summed E-state index contributed by atoms with van der Waals surface area (Å²) < 4.78 is 0. The minimum Gasteiger partial charge on any atom is -0.307 e. The summed E-state index contributed by atoms with van der Waals surface area (Å²) in [5, 5.41) is 3.51. The Morgan fingerprint density at radius 2 is 1.67 bits per heavy atom. The Morgan fingerprint density at radius 3 is 2.27 bits per heavy atom. The molecule has 15 heavy (non-hydrogen) atoms. The van der Waals surface area contributed by atoms with E-state index in [2.05, 4.69) is 57.3 Å². The minimum atomic E-state index is 0.272. The Labute approximate surface area is 93.9 Å². The zero-order valence-electron chi connectivity index (χ0n) is 10.4. The molecule has 1 heterocycles. The fraction of sp³-hybridized carbons (Fsp3) is 0.571. The highest BCUT2D eigenvalue weighted by atomic mass is 15.0. The van der Waals surface area contributed by atoms with Crippen molar-refractivity contribution in [2.45, 2.75) is 52.6 Å². The van der Waals surface area contributed by atoms with Gasteiger partial charge in [-0.3, -0.25) is 0 Å². The van der Waals surface area contributed by atoms with E-state index >= 15 is 0 Å². The van der Waals surface area contributed by atoms with Crippen LogP contribution in [0.1, 0.15) is 45.2 Å². The lowest BCUT2D eigenvalue weighted by Crippen LogP contribution is -2.44. The Hall–Kier alpha value is -0.820. The molecule has 1 nitrogen and oxygen atoms in total. The second kappa shape index (κ2) is 5.32. The van der Waals surface area contributed by atoms with E-state index in [0.717, 1.165) is 13.0 Å². The van der Waals surface area contributed by atoms with Crippen LogP contribution >= 0.6 is 0 Å². The van der Waals surface area contributed by atoms with E-state index in [9.17, 15) is 0 Å². The average Bonchev–Trinajstić information content (AvgIpc) is 2.17. The molecule has 0 amide bonds. The third kappa shape index (κ3) is 3.67. The third-order valence-corrected chi connectivity index (χ3v) is 2.51. The van der Waals surface area contributed by atoms with E-state index in [1.807, 2.05) is 0 Å². The maximum Gasteiger partial charge on any atom is 0.0213 e. The predicted octanol–water partition coefficient (Wildman–Crippen LogP) is 3.53. The summed E-state index contributed by atoms with van der Waals surface area (Å²) in [5.41, 5.74) is 3.23. The summed E-state index contributed by atoms with van der Waals surface area (Å²) in [7, 11) is 0. The summed E-state index contributed by atoms with van der Waals surface area (Å²) in [4.78, 5) is 0. The Balaban J connectivity index is 0.000000337. The molecule has 0 fully saturated rings. The van der Waals surface area contributed by atoms with Gasteiger partial charge >= 0.3 is 0 Å². The lowest BCUT2D eigenvalue weighted by Gasteiger charge is -2.32. The molecule has 0 aromatic heterocycles. The number of benzene rings is 1. The Morgan fingerprint density at radius 1 is 1.13 bits per heavy atom. The Kier molecular flexibility index (Phi) is 4.34. The highest BCUT2D eigenvalue weighted by molar-refractivity contribution is 5.30. The standard InChI is InChI=1S/C11H15N.C3H8/c1-11(2)7-9-5-3-4-6-10(9)8-12-11;1-3-2/h3-6,12H,7-8H2,1-2H3;3H2,1-2H3. The molecule has 1 aliphatic heterocycles. The highest BCUT2D eigenvalue weighted by Gasteiger charge is 2.23. The van der Waals surface area contributed by atoms with Crippen molar-refractivity contribution < 1.29 is 0 Å². The molecule has 0 saturated heterocycles. The maximum absolute atomic E-state index is 3.51. The van der Waals surface area contributed by atoms with Crippen LogP contribution in [0, 0.1) is 0 Å². The quantitative estimate of drug-likeness (QED) is 0.683.